The third-order valence-electron chi connectivity index (χ3n) is 6.62. The number of rotatable bonds is 2. The van der Waals surface area contributed by atoms with Gasteiger partial charge in [0.25, 0.3) is 0 Å². The second-order valence-electron chi connectivity index (χ2n) is 8.66. The fraction of sp³-hybridized carbons (Fsp3) is 0. The molecule has 0 aliphatic carbocycles. The molecule has 0 aliphatic heterocycles. The normalized spacial score (nSPS) is 11.5. The van der Waals surface area contributed by atoms with E-state index in [0.717, 1.165) is 38.9 Å². The number of hydrogen-bond acceptors (Lipinski definition) is 2. The molecule has 5 aromatic carbocycles. The van der Waals surface area contributed by atoms with Crippen LogP contribution < -0.4 is 0 Å². The van der Waals surface area contributed by atoms with Gasteiger partial charge in [-0.2, -0.15) is 0 Å². The molecule has 2 heteroatoms. The number of hydrogen-bond donors (Lipinski definition) is 0. The Kier molecular flexibility index (Phi) is 4.18. The van der Waals surface area contributed by atoms with Gasteiger partial charge in [0.15, 0.2) is 0 Å². The van der Waals surface area contributed by atoms with E-state index in [-0.39, 0.29) is 0 Å². The minimum atomic E-state index is 0.969. The summed E-state index contributed by atoms with van der Waals surface area (Å²) in [6, 6.07) is 42.5. The van der Waals surface area contributed by atoms with Crippen LogP contribution in [0.2, 0.25) is 0 Å². The summed E-state index contributed by atoms with van der Waals surface area (Å²) < 4.78 is 0. The van der Waals surface area contributed by atoms with Crippen molar-refractivity contribution in [1.82, 2.24) is 9.97 Å². The zero-order chi connectivity index (χ0) is 22.5. The number of pyridine rings is 2. The predicted molar refractivity (Wildman–Crippen MR) is 143 cm³/mol. The molecule has 158 valence electrons. The Morgan fingerprint density at radius 1 is 0.412 bits per heavy atom. The number of aromatic nitrogens is 2. The molecule has 2 nitrogen and oxygen atoms in total. The smallest absolute Gasteiger partial charge is 0.0788 e. The topological polar surface area (TPSA) is 25.8 Å². The average Bonchev–Trinajstić information content (AvgIpc) is 2.92. The predicted octanol–water partition coefficient (Wildman–Crippen LogP) is 8.42. The van der Waals surface area contributed by atoms with Gasteiger partial charge in [-0.1, -0.05) is 97.1 Å². The lowest BCUT2D eigenvalue weighted by atomic mass is 9.94. The van der Waals surface area contributed by atoms with E-state index in [0.29, 0.717) is 0 Å². The molecular weight excluding hydrogens is 412 g/mol. The zero-order valence-corrected chi connectivity index (χ0v) is 18.4. The Labute approximate surface area is 197 Å². The van der Waals surface area contributed by atoms with E-state index in [2.05, 4.69) is 109 Å². The average molecular weight is 433 g/mol. The Bertz CT molecular complexity index is 1850. The van der Waals surface area contributed by atoms with E-state index in [4.69, 9.17) is 9.97 Å². The number of fused-ring (bicyclic) bond motifs is 6. The van der Waals surface area contributed by atoms with Crippen LogP contribution in [0.4, 0.5) is 0 Å². The van der Waals surface area contributed by atoms with Crippen LogP contribution in [0.5, 0.6) is 0 Å². The van der Waals surface area contributed by atoms with Gasteiger partial charge >= 0.3 is 0 Å². The van der Waals surface area contributed by atoms with Crippen molar-refractivity contribution in [3.63, 3.8) is 0 Å². The molecule has 34 heavy (non-hydrogen) atoms. The van der Waals surface area contributed by atoms with Gasteiger partial charge in [-0.25, -0.2) is 9.97 Å². The van der Waals surface area contributed by atoms with Gasteiger partial charge in [0.1, 0.15) is 0 Å². The van der Waals surface area contributed by atoms with Crippen LogP contribution in [0.1, 0.15) is 0 Å². The van der Waals surface area contributed by atoms with Crippen molar-refractivity contribution in [1.29, 1.82) is 0 Å². The van der Waals surface area contributed by atoms with Gasteiger partial charge in [-0.15, -0.1) is 0 Å². The van der Waals surface area contributed by atoms with Gasteiger partial charge in [0, 0.05) is 32.7 Å². The van der Waals surface area contributed by atoms with Crippen LogP contribution >= 0.6 is 0 Å². The minimum Gasteiger partial charge on any atom is -0.248 e. The van der Waals surface area contributed by atoms with Crippen LogP contribution in [0.25, 0.3) is 65.9 Å². The highest BCUT2D eigenvalue weighted by Crippen LogP contribution is 2.37. The summed E-state index contributed by atoms with van der Waals surface area (Å²) in [5.41, 5.74) is 6.17. The molecule has 0 atom stereocenters. The zero-order valence-electron chi connectivity index (χ0n) is 18.4. The molecule has 7 aromatic rings. The van der Waals surface area contributed by atoms with E-state index in [1.165, 1.54) is 26.9 Å². The molecule has 2 heterocycles. The van der Waals surface area contributed by atoms with Crippen molar-refractivity contribution >= 4 is 43.4 Å². The summed E-state index contributed by atoms with van der Waals surface area (Å²) in [4.78, 5) is 10.1. The highest BCUT2D eigenvalue weighted by molar-refractivity contribution is 6.22. The first-order valence-electron chi connectivity index (χ1n) is 11.5. The van der Waals surface area contributed by atoms with Crippen LogP contribution in [0.3, 0.4) is 0 Å². The monoisotopic (exact) mass is 432 g/mol. The van der Waals surface area contributed by atoms with Gasteiger partial charge in [-0.05, 0) is 35.0 Å². The van der Waals surface area contributed by atoms with E-state index in [9.17, 15) is 0 Å². The molecule has 0 bridgehead atoms. The molecule has 7 rings (SSSR count). The number of nitrogens with zero attached hydrogens (tertiary/aromatic N) is 2. The van der Waals surface area contributed by atoms with Crippen molar-refractivity contribution in [3.05, 3.63) is 121 Å². The fourth-order valence-corrected chi connectivity index (χ4v) is 4.99. The van der Waals surface area contributed by atoms with Gasteiger partial charge < -0.3 is 0 Å². The first-order chi connectivity index (χ1) is 16.8. The highest BCUT2D eigenvalue weighted by atomic mass is 14.7. The van der Waals surface area contributed by atoms with Crippen LogP contribution in [-0.2, 0) is 0 Å². The first kappa shape index (κ1) is 19.0. The van der Waals surface area contributed by atoms with Crippen molar-refractivity contribution in [2.75, 3.05) is 0 Å². The van der Waals surface area contributed by atoms with E-state index in [1.807, 2.05) is 12.1 Å². The molecule has 2 aromatic heterocycles. The summed E-state index contributed by atoms with van der Waals surface area (Å²) >= 11 is 0. The Morgan fingerprint density at radius 2 is 1.12 bits per heavy atom. The number of benzene rings is 5. The third-order valence-corrected chi connectivity index (χ3v) is 6.62. The van der Waals surface area contributed by atoms with Gasteiger partial charge in [0.2, 0.25) is 0 Å². The third kappa shape index (κ3) is 2.96. The molecule has 0 amide bonds. The van der Waals surface area contributed by atoms with Crippen molar-refractivity contribution in [2.24, 2.45) is 0 Å². The maximum atomic E-state index is 5.14. The SMILES string of the molecule is c1cc(-c2ccc3ccccc3n2)cc(-c2nc3ccccc3c3c2ccc2ccccc23)c1. The Hall–Kier alpha value is -4.56. The Balaban J connectivity index is 1.50. The largest absolute Gasteiger partial charge is 0.248 e. The standard InChI is InChI=1S/C32H20N2/c1-3-12-25-21(8-1)16-18-27-31(25)26-13-4-6-15-30(26)34-32(27)24-11-7-10-23(20-24)29-19-17-22-9-2-5-14-28(22)33-29/h1-20H. The highest BCUT2D eigenvalue weighted by Gasteiger charge is 2.13. The van der Waals surface area contributed by atoms with Crippen LogP contribution in [-0.4, -0.2) is 9.97 Å². The van der Waals surface area contributed by atoms with Crippen LogP contribution in [0, 0.1) is 0 Å². The molecule has 0 unspecified atom stereocenters. The summed E-state index contributed by atoms with van der Waals surface area (Å²) in [6.07, 6.45) is 0. The lowest BCUT2D eigenvalue weighted by Gasteiger charge is -2.13. The minimum absolute atomic E-state index is 0.969. The summed E-state index contributed by atoms with van der Waals surface area (Å²) in [5.74, 6) is 0. The van der Waals surface area contributed by atoms with Crippen molar-refractivity contribution in [2.45, 2.75) is 0 Å². The fourth-order valence-electron chi connectivity index (χ4n) is 4.99. The molecule has 0 aliphatic rings. The molecule has 0 saturated carbocycles. The van der Waals surface area contributed by atoms with Gasteiger partial charge in [0.05, 0.1) is 22.4 Å². The summed E-state index contributed by atoms with van der Waals surface area (Å²) in [6.45, 7) is 0. The first-order valence-corrected chi connectivity index (χ1v) is 11.5. The number of para-hydroxylation sites is 2. The molecule has 0 radical (unpaired) electrons. The maximum Gasteiger partial charge on any atom is 0.0788 e. The van der Waals surface area contributed by atoms with Crippen molar-refractivity contribution in [3.8, 4) is 22.5 Å². The Morgan fingerprint density at radius 3 is 2.03 bits per heavy atom. The molecule has 0 saturated heterocycles. The molecular formula is C32H20N2. The van der Waals surface area contributed by atoms with E-state index < -0.39 is 0 Å². The second kappa shape index (κ2) is 7.50. The van der Waals surface area contributed by atoms with Crippen LogP contribution in [0.15, 0.2) is 121 Å². The van der Waals surface area contributed by atoms with Gasteiger partial charge in [-0.3, -0.25) is 0 Å². The quantitative estimate of drug-likeness (QED) is 0.256. The lowest BCUT2D eigenvalue weighted by molar-refractivity contribution is 1.39. The summed E-state index contributed by atoms with van der Waals surface area (Å²) in [7, 11) is 0. The second-order valence-corrected chi connectivity index (χ2v) is 8.66. The van der Waals surface area contributed by atoms with Crippen molar-refractivity contribution < 1.29 is 0 Å². The molecule has 0 spiro atoms. The maximum absolute atomic E-state index is 5.14. The summed E-state index contributed by atoms with van der Waals surface area (Å²) in [5, 5.41) is 7.26. The molecule has 0 fully saturated rings. The van der Waals surface area contributed by atoms with E-state index in [1.54, 1.807) is 0 Å². The molecule has 0 N–H and O–H groups in total. The lowest BCUT2D eigenvalue weighted by Crippen LogP contribution is -1.92. The van der Waals surface area contributed by atoms with E-state index >= 15 is 0 Å².